The van der Waals surface area contributed by atoms with Gasteiger partial charge in [0.25, 0.3) is 0 Å². The maximum absolute atomic E-state index is 15.1. The number of halogens is 4. The molecule has 4 rings (SSSR count). The summed E-state index contributed by atoms with van der Waals surface area (Å²) in [6, 6.07) is 10.9. The van der Waals surface area contributed by atoms with Crippen molar-refractivity contribution in [3.8, 4) is 22.6 Å². The SMILES string of the molecule is C=CCOc1ccc(OC(=O)c2ccc(-c3ccc(C4CCC(OCC)CC4)c(F)c3F)cc2)c(F)c1F. The van der Waals surface area contributed by atoms with Crippen molar-refractivity contribution in [2.75, 3.05) is 13.2 Å². The van der Waals surface area contributed by atoms with Crippen LogP contribution in [-0.2, 0) is 4.74 Å². The molecule has 1 saturated carbocycles. The lowest BCUT2D eigenvalue weighted by Gasteiger charge is -2.29. The van der Waals surface area contributed by atoms with Gasteiger partial charge in [-0.1, -0.05) is 36.9 Å². The zero-order valence-electron chi connectivity index (χ0n) is 20.9. The van der Waals surface area contributed by atoms with Gasteiger partial charge < -0.3 is 14.2 Å². The van der Waals surface area contributed by atoms with Crippen LogP contribution in [0.3, 0.4) is 0 Å². The molecule has 0 amide bonds. The van der Waals surface area contributed by atoms with Crippen molar-refractivity contribution in [2.24, 2.45) is 0 Å². The largest absolute Gasteiger partial charge is 0.486 e. The monoisotopic (exact) mass is 528 g/mol. The number of hydrogen-bond acceptors (Lipinski definition) is 4. The fourth-order valence-electron chi connectivity index (χ4n) is 4.68. The van der Waals surface area contributed by atoms with E-state index in [2.05, 4.69) is 6.58 Å². The second-order valence-electron chi connectivity index (χ2n) is 9.02. The van der Waals surface area contributed by atoms with E-state index in [9.17, 15) is 13.6 Å². The van der Waals surface area contributed by atoms with Gasteiger partial charge in [0.05, 0.1) is 11.7 Å². The first-order chi connectivity index (χ1) is 18.3. The normalized spacial score (nSPS) is 17.2. The molecule has 8 heteroatoms. The molecule has 0 bridgehead atoms. The van der Waals surface area contributed by atoms with Crippen LogP contribution in [0.5, 0.6) is 11.5 Å². The summed E-state index contributed by atoms with van der Waals surface area (Å²) in [5, 5.41) is 0. The van der Waals surface area contributed by atoms with Gasteiger partial charge in [-0.05, 0) is 73.9 Å². The van der Waals surface area contributed by atoms with E-state index < -0.39 is 35.0 Å². The van der Waals surface area contributed by atoms with E-state index in [1.165, 1.54) is 36.4 Å². The van der Waals surface area contributed by atoms with Crippen LogP contribution in [0.15, 0.2) is 61.2 Å². The van der Waals surface area contributed by atoms with Gasteiger partial charge in [0.2, 0.25) is 11.6 Å². The van der Waals surface area contributed by atoms with Crippen molar-refractivity contribution in [1.29, 1.82) is 0 Å². The van der Waals surface area contributed by atoms with Crippen LogP contribution >= 0.6 is 0 Å². The van der Waals surface area contributed by atoms with E-state index in [1.807, 2.05) is 6.92 Å². The second-order valence-corrected chi connectivity index (χ2v) is 9.02. The second kappa shape index (κ2) is 12.3. The Morgan fingerprint density at radius 3 is 2.18 bits per heavy atom. The Hall–Kier alpha value is -3.65. The lowest BCUT2D eigenvalue weighted by atomic mass is 9.82. The Kier molecular flexibility index (Phi) is 8.84. The molecule has 0 spiro atoms. The van der Waals surface area contributed by atoms with Crippen LogP contribution < -0.4 is 9.47 Å². The molecule has 4 nitrogen and oxygen atoms in total. The predicted octanol–water partition coefficient (Wildman–Crippen LogP) is 7.76. The van der Waals surface area contributed by atoms with Crippen molar-refractivity contribution in [1.82, 2.24) is 0 Å². The number of carbonyl (C=O) groups excluding carboxylic acids is 1. The predicted molar refractivity (Wildman–Crippen MR) is 135 cm³/mol. The smallest absolute Gasteiger partial charge is 0.343 e. The first kappa shape index (κ1) is 27.4. The minimum absolute atomic E-state index is 0.0177. The third-order valence-electron chi connectivity index (χ3n) is 6.63. The highest BCUT2D eigenvalue weighted by Crippen LogP contribution is 2.38. The lowest BCUT2D eigenvalue weighted by Crippen LogP contribution is -2.21. The van der Waals surface area contributed by atoms with E-state index in [0.29, 0.717) is 17.7 Å². The molecule has 3 aromatic rings. The number of hydrogen-bond donors (Lipinski definition) is 0. The van der Waals surface area contributed by atoms with E-state index in [-0.39, 0.29) is 35.5 Å². The maximum atomic E-state index is 15.1. The first-order valence-electron chi connectivity index (χ1n) is 12.5. The van der Waals surface area contributed by atoms with Crippen LogP contribution in [0.4, 0.5) is 17.6 Å². The van der Waals surface area contributed by atoms with Crippen LogP contribution in [0.25, 0.3) is 11.1 Å². The number of carbonyl (C=O) groups is 1. The molecule has 0 N–H and O–H groups in total. The third-order valence-corrected chi connectivity index (χ3v) is 6.63. The minimum atomic E-state index is -1.37. The molecule has 1 aliphatic carbocycles. The fourth-order valence-corrected chi connectivity index (χ4v) is 4.68. The van der Waals surface area contributed by atoms with Gasteiger partial charge >= 0.3 is 5.97 Å². The average Bonchev–Trinajstić information content (AvgIpc) is 2.93. The molecule has 0 aromatic heterocycles. The Morgan fingerprint density at radius 1 is 0.868 bits per heavy atom. The minimum Gasteiger partial charge on any atom is -0.486 e. The zero-order valence-corrected chi connectivity index (χ0v) is 20.9. The van der Waals surface area contributed by atoms with Gasteiger partial charge in [-0.3, -0.25) is 0 Å². The zero-order chi connectivity index (χ0) is 27.2. The summed E-state index contributed by atoms with van der Waals surface area (Å²) in [6.07, 6.45) is 4.61. The molecule has 200 valence electrons. The third kappa shape index (κ3) is 5.91. The highest BCUT2D eigenvalue weighted by Gasteiger charge is 2.27. The average molecular weight is 529 g/mol. The van der Waals surface area contributed by atoms with E-state index in [1.54, 1.807) is 6.07 Å². The molecule has 0 unspecified atom stereocenters. The van der Waals surface area contributed by atoms with Crippen molar-refractivity contribution in [3.63, 3.8) is 0 Å². The molecule has 1 fully saturated rings. The highest BCUT2D eigenvalue weighted by molar-refractivity contribution is 5.91. The highest BCUT2D eigenvalue weighted by atomic mass is 19.2. The first-order valence-corrected chi connectivity index (χ1v) is 12.5. The van der Waals surface area contributed by atoms with Gasteiger partial charge in [-0.2, -0.15) is 8.78 Å². The van der Waals surface area contributed by atoms with Crippen LogP contribution in [0, 0.1) is 23.3 Å². The fraction of sp³-hybridized carbons (Fsp3) is 0.300. The van der Waals surface area contributed by atoms with Gasteiger partial charge in [0.15, 0.2) is 23.1 Å². The quantitative estimate of drug-likeness (QED) is 0.123. The molecular formula is C30H28F4O4. The number of ether oxygens (including phenoxy) is 3. The molecule has 3 aromatic carbocycles. The lowest BCUT2D eigenvalue weighted by molar-refractivity contribution is 0.0325. The summed E-state index contributed by atoms with van der Waals surface area (Å²) >= 11 is 0. The summed E-state index contributed by atoms with van der Waals surface area (Å²) in [6.45, 7) is 5.98. The van der Waals surface area contributed by atoms with Crippen molar-refractivity contribution >= 4 is 5.97 Å². The van der Waals surface area contributed by atoms with E-state index >= 15 is 8.78 Å². The summed E-state index contributed by atoms with van der Waals surface area (Å²) in [7, 11) is 0. The van der Waals surface area contributed by atoms with Gasteiger partial charge in [-0.25, -0.2) is 13.6 Å². The Labute approximate surface area is 218 Å². The molecule has 0 saturated heterocycles. The summed E-state index contributed by atoms with van der Waals surface area (Å²) in [4.78, 5) is 12.5. The van der Waals surface area contributed by atoms with Gasteiger partial charge in [-0.15, -0.1) is 0 Å². The van der Waals surface area contributed by atoms with Gasteiger partial charge in [0, 0.05) is 12.2 Å². The number of benzene rings is 3. The molecule has 38 heavy (non-hydrogen) atoms. The Morgan fingerprint density at radius 2 is 1.53 bits per heavy atom. The molecule has 0 aliphatic heterocycles. The maximum Gasteiger partial charge on any atom is 0.343 e. The molecule has 0 heterocycles. The Bertz CT molecular complexity index is 1300. The summed E-state index contributed by atoms with van der Waals surface area (Å²) < 4.78 is 74.2. The molecule has 0 radical (unpaired) electrons. The standard InChI is InChI=1S/C30H28F4O4/c1-3-17-37-24-15-16-25(29(34)28(24)33)38-30(35)20-7-5-18(6-8-20)22-13-14-23(27(32)26(22)31)19-9-11-21(12-10-19)36-4-2/h3,5-8,13-16,19,21H,1,4,9-12,17H2,2H3. The molecule has 1 aliphatic rings. The Balaban J connectivity index is 1.46. The summed E-state index contributed by atoms with van der Waals surface area (Å²) in [5.74, 6) is -6.47. The summed E-state index contributed by atoms with van der Waals surface area (Å²) in [5.41, 5.74) is 0.781. The van der Waals surface area contributed by atoms with Crippen LogP contribution in [0.1, 0.15) is 54.4 Å². The van der Waals surface area contributed by atoms with Gasteiger partial charge in [0.1, 0.15) is 6.61 Å². The number of rotatable bonds is 9. The molecular weight excluding hydrogens is 500 g/mol. The van der Waals surface area contributed by atoms with Crippen molar-refractivity contribution in [2.45, 2.75) is 44.6 Å². The van der Waals surface area contributed by atoms with Crippen LogP contribution in [0.2, 0.25) is 0 Å². The van der Waals surface area contributed by atoms with E-state index in [0.717, 1.165) is 37.8 Å². The number of esters is 1. The molecule has 0 atom stereocenters. The van der Waals surface area contributed by atoms with E-state index in [4.69, 9.17) is 14.2 Å². The van der Waals surface area contributed by atoms with Crippen molar-refractivity contribution < 1.29 is 36.6 Å². The van der Waals surface area contributed by atoms with Crippen molar-refractivity contribution in [3.05, 3.63) is 95.6 Å². The topological polar surface area (TPSA) is 44.8 Å². The van der Waals surface area contributed by atoms with Crippen LogP contribution in [-0.4, -0.2) is 25.3 Å².